The lowest BCUT2D eigenvalue weighted by Gasteiger charge is -2.09. The van der Waals surface area contributed by atoms with Gasteiger partial charge in [0.15, 0.2) is 0 Å². The van der Waals surface area contributed by atoms with Crippen molar-refractivity contribution in [2.24, 2.45) is 4.99 Å². The molecule has 4 heteroatoms. The number of benzene rings is 1. The number of fused-ring (bicyclic) bond motifs is 1. The largest absolute Gasteiger partial charge is 0.338 e. The quantitative estimate of drug-likeness (QED) is 0.812. The SMILES string of the molecule is Cc1sc2c(c1-c1ccc(F)cc1)CN=CN2. The normalized spacial score (nSPS) is 13.3. The van der Waals surface area contributed by atoms with Crippen molar-refractivity contribution >= 4 is 22.7 Å². The summed E-state index contributed by atoms with van der Waals surface area (Å²) in [6.07, 6.45) is 1.73. The Morgan fingerprint density at radius 3 is 2.82 bits per heavy atom. The molecule has 17 heavy (non-hydrogen) atoms. The minimum Gasteiger partial charge on any atom is -0.338 e. The fraction of sp³-hybridized carbons (Fsp3) is 0.154. The van der Waals surface area contributed by atoms with Gasteiger partial charge in [0.2, 0.25) is 0 Å². The molecule has 2 heterocycles. The molecule has 86 valence electrons. The minimum absolute atomic E-state index is 0.202. The van der Waals surface area contributed by atoms with E-state index in [1.165, 1.54) is 28.1 Å². The lowest BCUT2D eigenvalue weighted by molar-refractivity contribution is 0.628. The maximum atomic E-state index is 12.9. The zero-order valence-electron chi connectivity index (χ0n) is 9.33. The molecule has 0 spiro atoms. The van der Waals surface area contributed by atoms with Gasteiger partial charge in [-0.1, -0.05) is 12.1 Å². The maximum absolute atomic E-state index is 12.9. The summed E-state index contributed by atoms with van der Waals surface area (Å²) in [6.45, 7) is 2.78. The number of hydrogen-bond donors (Lipinski definition) is 1. The number of rotatable bonds is 1. The Bertz CT molecular complexity index is 584. The second kappa shape index (κ2) is 3.96. The van der Waals surface area contributed by atoms with Crippen molar-refractivity contribution in [3.63, 3.8) is 0 Å². The average Bonchev–Trinajstić information content (AvgIpc) is 2.66. The van der Waals surface area contributed by atoms with Crippen LogP contribution in [-0.2, 0) is 6.54 Å². The summed E-state index contributed by atoms with van der Waals surface area (Å²) in [5, 5.41) is 4.31. The first-order chi connectivity index (χ1) is 8.25. The molecule has 0 atom stereocenters. The van der Waals surface area contributed by atoms with Gasteiger partial charge in [-0.3, -0.25) is 4.99 Å². The van der Waals surface area contributed by atoms with Crippen molar-refractivity contribution in [2.75, 3.05) is 5.32 Å². The van der Waals surface area contributed by atoms with Crippen LogP contribution in [0.5, 0.6) is 0 Å². The molecular formula is C13H11FN2S. The van der Waals surface area contributed by atoms with Crippen LogP contribution in [0.3, 0.4) is 0 Å². The van der Waals surface area contributed by atoms with Crippen LogP contribution in [0.1, 0.15) is 10.4 Å². The summed E-state index contributed by atoms with van der Waals surface area (Å²) in [7, 11) is 0. The van der Waals surface area contributed by atoms with E-state index < -0.39 is 0 Å². The number of nitrogens with zero attached hydrogens (tertiary/aromatic N) is 1. The van der Waals surface area contributed by atoms with Crippen molar-refractivity contribution in [1.82, 2.24) is 0 Å². The smallest absolute Gasteiger partial charge is 0.123 e. The second-order valence-corrected chi connectivity index (χ2v) is 5.19. The molecular weight excluding hydrogens is 235 g/mol. The molecule has 0 saturated carbocycles. The Morgan fingerprint density at radius 1 is 1.29 bits per heavy atom. The number of aryl methyl sites for hydroxylation is 1. The Balaban J connectivity index is 2.15. The standard InChI is InChI=1S/C13H11FN2S/c1-8-12(9-2-4-10(14)5-3-9)11-6-15-7-16-13(11)17-8/h2-5,7H,6H2,1H3,(H,15,16). The highest BCUT2D eigenvalue weighted by Crippen LogP contribution is 2.40. The van der Waals surface area contributed by atoms with Crippen molar-refractivity contribution in [2.45, 2.75) is 13.5 Å². The maximum Gasteiger partial charge on any atom is 0.123 e. The number of hydrogen-bond acceptors (Lipinski definition) is 3. The van der Waals surface area contributed by atoms with Gasteiger partial charge < -0.3 is 5.32 Å². The lowest BCUT2D eigenvalue weighted by Crippen LogP contribution is -2.02. The van der Waals surface area contributed by atoms with E-state index in [1.807, 2.05) is 12.1 Å². The van der Waals surface area contributed by atoms with Gasteiger partial charge in [0, 0.05) is 16.0 Å². The number of halogens is 1. The summed E-state index contributed by atoms with van der Waals surface area (Å²) in [5.41, 5.74) is 3.45. The zero-order valence-corrected chi connectivity index (χ0v) is 10.1. The first-order valence-electron chi connectivity index (χ1n) is 5.39. The molecule has 0 aliphatic carbocycles. The Kier molecular flexibility index (Phi) is 2.44. The average molecular weight is 246 g/mol. The van der Waals surface area contributed by atoms with Crippen LogP contribution >= 0.6 is 11.3 Å². The lowest BCUT2D eigenvalue weighted by atomic mass is 10.0. The highest BCUT2D eigenvalue weighted by molar-refractivity contribution is 7.17. The van der Waals surface area contributed by atoms with Gasteiger partial charge in [-0.15, -0.1) is 11.3 Å². The molecule has 3 rings (SSSR count). The summed E-state index contributed by atoms with van der Waals surface area (Å²) < 4.78 is 12.9. The van der Waals surface area contributed by atoms with Crippen molar-refractivity contribution < 1.29 is 4.39 Å². The van der Waals surface area contributed by atoms with Gasteiger partial charge in [0.1, 0.15) is 5.82 Å². The van der Waals surface area contributed by atoms with Crippen LogP contribution in [0.4, 0.5) is 9.39 Å². The number of aliphatic imine (C=N–C) groups is 1. The van der Waals surface area contributed by atoms with E-state index >= 15 is 0 Å². The Morgan fingerprint density at radius 2 is 2.06 bits per heavy atom. The molecule has 0 fully saturated rings. The van der Waals surface area contributed by atoms with Crippen LogP contribution in [0.15, 0.2) is 29.3 Å². The van der Waals surface area contributed by atoms with Crippen molar-refractivity contribution in [3.05, 3.63) is 40.5 Å². The molecule has 1 aromatic carbocycles. The molecule has 0 unspecified atom stereocenters. The van der Waals surface area contributed by atoms with Gasteiger partial charge in [-0.25, -0.2) is 4.39 Å². The van der Waals surface area contributed by atoms with E-state index in [0.29, 0.717) is 6.54 Å². The Hall–Kier alpha value is -1.68. The predicted octanol–water partition coefficient (Wildman–Crippen LogP) is 3.82. The van der Waals surface area contributed by atoms with E-state index in [9.17, 15) is 4.39 Å². The molecule has 2 aromatic rings. The molecule has 0 radical (unpaired) electrons. The van der Waals surface area contributed by atoms with Gasteiger partial charge >= 0.3 is 0 Å². The first kappa shape index (κ1) is 10.5. The van der Waals surface area contributed by atoms with Crippen molar-refractivity contribution in [1.29, 1.82) is 0 Å². The summed E-state index contributed by atoms with van der Waals surface area (Å²) in [4.78, 5) is 5.47. The van der Waals surface area contributed by atoms with Crippen LogP contribution in [-0.4, -0.2) is 6.34 Å². The third-order valence-corrected chi connectivity index (χ3v) is 3.93. The predicted molar refractivity (Wildman–Crippen MR) is 70.3 cm³/mol. The molecule has 1 aliphatic rings. The third kappa shape index (κ3) is 1.74. The van der Waals surface area contributed by atoms with Gasteiger partial charge in [0.05, 0.1) is 17.9 Å². The van der Waals surface area contributed by atoms with E-state index in [0.717, 1.165) is 10.6 Å². The van der Waals surface area contributed by atoms with Crippen LogP contribution in [0.2, 0.25) is 0 Å². The monoisotopic (exact) mass is 246 g/mol. The van der Waals surface area contributed by atoms with E-state index in [2.05, 4.69) is 17.2 Å². The molecule has 1 aliphatic heterocycles. The number of nitrogens with one attached hydrogen (secondary N) is 1. The fourth-order valence-corrected chi connectivity index (χ4v) is 3.15. The number of anilines is 1. The summed E-state index contributed by atoms with van der Waals surface area (Å²) >= 11 is 1.72. The molecule has 2 nitrogen and oxygen atoms in total. The van der Waals surface area contributed by atoms with Gasteiger partial charge in [0.25, 0.3) is 0 Å². The summed E-state index contributed by atoms with van der Waals surface area (Å²) in [6, 6.07) is 6.64. The first-order valence-corrected chi connectivity index (χ1v) is 6.20. The highest BCUT2D eigenvalue weighted by atomic mass is 32.1. The van der Waals surface area contributed by atoms with Crippen LogP contribution in [0, 0.1) is 12.7 Å². The fourth-order valence-electron chi connectivity index (χ4n) is 2.09. The topological polar surface area (TPSA) is 24.4 Å². The third-order valence-electron chi connectivity index (χ3n) is 2.85. The molecule has 0 saturated heterocycles. The van der Waals surface area contributed by atoms with Gasteiger partial charge in [-0.2, -0.15) is 0 Å². The molecule has 1 aromatic heterocycles. The van der Waals surface area contributed by atoms with Crippen molar-refractivity contribution in [3.8, 4) is 11.1 Å². The van der Waals surface area contributed by atoms with Gasteiger partial charge in [-0.05, 0) is 24.6 Å². The van der Waals surface area contributed by atoms with E-state index in [-0.39, 0.29) is 5.82 Å². The highest BCUT2D eigenvalue weighted by Gasteiger charge is 2.18. The Labute approximate surface area is 103 Å². The minimum atomic E-state index is -0.202. The molecule has 0 amide bonds. The van der Waals surface area contributed by atoms with E-state index in [1.54, 1.807) is 17.7 Å². The second-order valence-electron chi connectivity index (χ2n) is 3.96. The van der Waals surface area contributed by atoms with E-state index in [4.69, 9.17) is 0 Å². The zero-order chi connectivity index (χ0) is 11.8. The molecule has 0 bridgehead atoms. The van der Waals surface area contributed by atoms with Crippen LogP contribution in [0.25, 0.3) is 11.1 Å². The summed E-state index contributed by atoms with van der Waals surface area (Å²) in [5.74, 6) is -0.202. The number of thiophene rings is 1. The van der Waals surface area contributed by atoms with Crippen LogP contribution < -0.4 is 5.32 Å². The molecule has 1 N–H and O–H groups in total.